The van der Waals surface area contributed by atoms with E-state index in [0.29, 0.717) is 17.9 Å². The van der Waals surface area contributed by atoms with Crippen LogP contribution in [0.5, 0.6) is 0 Å². The van der Waals surface area contributed by atoms with E-state index in [9.17, 15) is 9.18 Å². The molecule has 0 radical (unpaired) electrons. The van der Waals surface area contributed by atoms with Gasteiger partial charge in [0.05, 0.1) is 29.9 Å². The summed E-state index contributed by atoms with van der Waals surface area (Å²) in [6.07, 6.45) is 5.09. The van der Waals surface area contributed by atoms with E-state index in [1.807, 2.05) is 13.0 Å². The van der Waals surface area contributed by atoms with Gasteiger partial charge in [0.2, 0.25) is 5.78 Å². The van der Waals surface area contributed by atoms with Crippen molar-refractivity contribution < 1.29 is 13.9 Å². The van der Waals surface area contributed by atoms with Crippen LogP contribution >= 0.6 is 22.6 Å². The van der Waals surface area contributed by atoms with Crippen LogP contribution in [0.2, 0.25) is 0 Å². The van der Waals surface area contributed by atoms with Gasteiger partial charge in [0.15, 0.2) is 0 Å². The standard InChI is InChI=1S/C17H15FIN3O2/c1-2-24-9-16(23)17-15(22-10-20-7-13(22)8-21-17)5-11-3-4-12(19)6-14(11)18/h3-4,6-8,10H,2,5,9H2,1H3. The molecule has 2 aromatic heterocycles. The molecule has 124 valence electrons. The summed E-state index contributed by atoms with van der Waals surface area (Å²) in [6, 6.07) is 5.03. The first-order valence-electron chi connectivity index (χ1n) is 7.45. The minimum absolute atomic E-state index is 0.0497. The Bertz CT molecular complexity index is 895. The van der Waals surface area contributed by atoms with Crippen molar-refractivity contribution in [2.24, 2.45) is 0 Å². The van der Waals surface area contributed by atoms with Crippen molar-refractivity contribution in [3.63, 3.8) is 0 Å². The lowest BCUT2D eigenvalue weighted by molar-refractivity contribution is 0.0776. The van der Waals surface area contributed by atoms with Crippen LogP contribution in [0.3, 0.4) is 0 Å². The van der Waals surface area contributed by atoms with E-state index in [0.717, 1.165) is 9.09 Å². The summed E-state index contributed by atoms with van der Waals surface area (Å²) in [5.41, 5.74) is 2.15. The molecule has 24 heavy (non-hydrogen) atoms. The van der Waals surface area contributed by atoms with E-state index in [2.05, 4.69) is 32.6 Å². The number of carbonyl (C=O) groups excluding carboxylic acids is 1. The molecule has 0 atom stereocenters. The highest BCUT2D eigenvalue weighted by molar-refractivity contribution is 14.1. The molecule has 0 aliphatic rings. The normalized spacial score (nSPS) is 11.1. The Labute approximate surface area is 152 Å². The molecule has 0 unspecified atom stereocenters. The zero-order valence-electron chi connectivity index (χ0n) is 13.0. The lowest BCUT2D eigenvalue weighted by Crippen LogP contribution is -2.16. The zero-order chi connectivity index (χ0) is 17.1. The predicted molar refractivity (Wildman–Crippen MR) is 95.7 cm³/mol. The third-order valence-electron chi connectivity index (χ3n) is 3.63. The van der Waals surface area contributed by atoms with Crippen LogP contribution in [0.1, 0.15) is 28.7 Å². The molecule has 0 fully saturated rings. The molecular weight excluding hydrogens is 424 g/mol. The minimum atomic E-state index is -0.303. The summed E-state index contributed by atoms with van der Waals surface area (Å²) in [5, 5.41) is 0. The number of hydrogen-bond donors (Lipinski definition) is 0. The fourth-order valence-corrected chi connectivity index (χ4v) is 2.91. The maximum absolute atomic E-state index is 14.2. The van der Waals surface area contributed by atoms with E-state index < -0.39 is 0 Å². The smallest absolute Gasteiger partial charge is 0.208 e. The highest BCUT2D eigenvalue weighted by atomic mass is 127. The lowest BCUT2D eigenvalue weighted by atomic mass is 10.1. The molecule has 1 aromatic carbocycles. The monoisotopic (exact) mass is 439 g/mol. The summed E-state index contributed by atoms with van der Waals surface area (Å²) in [4.78, 5) is 20.8. The number of ketones is 1. The third-order valence-corrected chi connectivity index (χ3v) is 4.30. The second kappa shape index (κ2) is 7.35. The first-order chi connectivity index (χ1) is 11.6. The molecule has 0 saturated heterocycles. The Kier molecular flexibility index (Phi) is 5.20. The molecule has 0 spiro atoms. The van der Waals surface area contributed by atoms with Gasteiger partial charge < -0.3 is 4.74 Å². The molecule has 0 aliphatic heterocycles. The highest BCUT2D eigenvalue weighted by Crippen LogP contribution is 2.19. The molecular formula is C17H15FIN3O2. The first kappa shape index (κ1) is 17.0. The van der Waals surface area contributed by atoms with Crippen molar-refractivity contribution >= 4 is 33.9 Å². The average molecular weight is 439 g/mol. The topological polar surface area (TPSA) is 56.5 Å². The van der Waals surface area contributed by atoms with Gasteiger partial charge in [-0.3, -0.25) is 9.20 Å². The van der Waals surface area contributed by atoms with Crippen molar-refractivity contribution in [3.8, 4) is 0 Å². The van der Waals surface area contributed by atoms with Crippen LogP contribution in [0.15, 0.2) is 36.9 Å². The van der Waals surface area contributed by atoms with Gasteiger partial charge in [-0.2, -0.15) is 0 Å². The molecule has 0 bridgehead atoms. The second-order valence-corrected chi connectivity index (χ2v) is 6.46. The Balaban J connectivity index is 2.06. The van der Waals surface area contributed by atoms with Crippen molar-refractivity contribution in [3.05, 3.63) is 63.3 Å². The molecule has 0 saturated carbocycles. The van der Waals surface area contributed by atoms with Crippen molar-refractivity contribution in [2.45, 2.75) is 13.3 Å². The first-order valence-corrected chi connectivity index (χ1v) is 8.52. The van der Waals surface area contributed by atoms with Gasteiger partial charge in [-0.25, -0.2) is 14.4 Å². The van der Waals surface area contributed by atoms with Crippen LogP contribution in [-0.4, -0.2) is 33.4 Å². The number of Topliss-reactive ketones (excluding diaryl/α,β-unsaturated/α-hetero) is 1. The summed E-state index contributed by atoms with van der Waals surface area (Å²) < 4.78 is 22.0. The van der Waals surface area contributed by atoms with Crippen LogP contribution in [0, 0.1) is 9.39 Å². The zero-order valence-corrected chi connectivity index (χ0v) is 15.2. The largest absolute Gasteiger partial charge is 0.374 e. The number of nitrogens with zero attached hydrogens (tertiary/aromatic N) is 3. The number of rotatable bonds is 6. The highest BCUT2D eigenvalue weighted by Gasteiger charge is 2.18. The summed E-state index contributed by atoms with van der Waals surface area (Å²) in [6.45, 7) is 2.22. The number of carbonyl (C=O) groups is 1. The number of ether oxygens (including phenoxy) is 1. The number of aromatic nitrogens is 3. The quantitative estimate of drug-likeness (QED) is 0.437. The predicted octanol–water partition coefficient (Wildman–Crippen LogP) is 3.28. The van der Waals surface area contributed by atoms with Gasteiger partial charge in [-0.1, -0.05) is 6.07 Å². The molecule has 0 amide bonds. The molecule has 2 heterocycles. The number of benzene rings is 1. The Morgan fingerprint density at radius 3 is 2.96 bits per heavy atom. The molecule has 0 N–H and O–H groups in total. The SMILES string of the molecule is CCOCC(=O)c1ncc2cncn2c1Cc1ccc(I)cc1F. The molecule has 0 aliphatic carbocycles. The van der Waals surface area contributed by atoms with E-state index in [1.165, 1.54) is 6.07 Å². The number of halogens is 2. The average Bonchev–Trinajstić information content (AvgIpc) is 3.04. The van der Waals surface area contributed by atoms with Gasteiger partial charge in [0.1, 0.15) is 18.1 Å². The number of hydrogen-bond acceptors (Lipinski definition) is 4. The molecule has 7 heteroatoms. The second-order valence-electron chi connectivity index (χ2n) is 5.21. The van der Waals surface area contributed by atoms with Crippen molar-refractivity contribution in [1.29, 1.82) is 0 Å². The van der Waals surface area contributed by atoms with Gasteiger partial charge >= 0.3 is 0 Å². The van der Waals surface area contributed by atoms with Crippen LogP contribution in [0.25, 0.3) is 5.52 Å². The van der Waals surface area contributed by atoms with E-state index in [4.69, 9.17) is 4.74 Å². The number of imidazole rings is 1. The van der Waals surface area contributed by atoms with Gasteiger partial charge in [0.25, 0.3) is 0 Å². The fourth-order valence-electron chi connectivity index (χ4n) is 2.46. The fraction of sp³-hybridized carbons (Fsp3) is 0.235. The molecule has 5 nitrogen and oxygen atoms in total. The summed E-state index contributed by atoms with van der Waals surface area (Å²) in [7, 11) is 0. The van der Waals surface area contributed by atoms with Gasteiger partial charge in [-0.15, -0.1) is 0 Å². The maximum atomic E-state index is 14.2. The molecule has 3 rings (SSSR count). The maximum Gasteiger partial charge on any atom is 0.208 e. The van der Waals surface area contributed by atoms with Crippen molar-refractivity contribution in [1.82, 2.24) is 14.4 Å². The molecule has 3 aromatic rings. The van der Waals surface area contributed by atoms with Crippen molar-refractivity contribution in [2.75, 3.05) is 13.2 Å². The Hall–Kier alpha value is -1.87. The van der Waals surface area contributed by atoms with E-state index >= 15 is 0 Å². The Morgan fingerprint density at radius 1 is 1.38 bits per heavy atom. The lowest BCUT2D eigenvalue weighted by Gasteiger charge is -2.12. The van der Waals surface area contributed by atoms with Crippen LogP contribution < -0.4 is 0 Å². The van der Waals surface area contributed by atoms with Gasteiger partial charge in [-0.05, 0) is 47.2 Å². The van der Waals surface area contributed by atoms with Crippen LogP contribution in [-0.2, 0) is 11.2 Å². The van der Waals surface area contributed by atoms with E-state index in [1.54, 1.807) is 29.2 Å². The van der Waals surface area contributed by atoms with Gasteiger partial charge in [0, 0.05) is 16.6 Å². The summed E-state index contributed by atoms with van der Waals surface area (Å²) in [5.74, 6) is -0.532. The summed E-state index contributed by atoms with van der Waals surface area (Å²) >= 11 is 2.06. The van der Waals surface area contributed by atoms with Crippen LogP contribution in [0.4, 0.5) is 4.39 Å². The minimum Gasteiger partial charge on any atom is -0.374 e. The third kappa shape index (κ3) is 3.46. The van der Waals surface area contributed by atoms with E-state index in [-0.39, 0.29) is 30.3 Å². The Morgan fingerprint density at radius 2 is 2.21 bits per heavy atom. The number of fused-ring (bicyclic) bond motifs is 1.